The monoisotopic (exact) mass is 242 g/mol. The third-order valence-electron chi connectivity index (χ3n) is 4.34. The summed E-state index contributed by atoms with van der Waals surface area (Å²) in [5, 5.41) is 0. The van der Waals surface area contributed by atoms with E-state index in [1.54, 1.807) is 12.1 Å². The van der Waals surface area contributed by atoms with E-state index in [0.717, 1.165) is 6.42 Å². The topological polar surface area (TPSA) is 26.3 Å². The fourth-order valence-electron chi connectivity index (χ4n) is 3.25. The molecule has 0 heterocycles. The van der Waals surface area contributed by atoms with Gasteiger partial charge in [0, 0.05) is 5.41 Å². The van der Waals surface area contributed by atoms with Crippen LogP contribution in [0.25, 0.3) is 0 Å². The number of fused-ring (bicyclic) bond motifs is 2. The Bertz CT molecular complexity index is 477. The molecule has 1 saturated carbocycles. The van der Waals surface area contributed by atoms with Gasteiger partial charge in [-0.1, -0.05) is 37.3 Å². The lowest BCUT2D eigenvalue weighted by Crippen LogP contribution is -2.29. The van der Waals surface area contributed by atoms with E-state index in [9.17, 15) is 4.79 Å². The smallest absolute Gasteiger partial charge is 0.338 e. The van der Waals surface area contributed by atoms with Gasteiger partial charge in [0.25, 0.3) is 0 Å². The summed E-state index contributed by atoms with van der Waals surface area (Å²) in [6.07, 6.45) is 6.99. The van der Waals surface area contributed by atoms with Crippen LogP contribution in [0.15, 0.2) is 42.5 Å². The van der Waals surface area contributed by atoms with Crippen LogP contribution in [0, 0.1) is 17.3 Å². The van der Waals surface area contributed by atoms with Gasteiger partial charge in [-0.3, -0.25) is 0 Å². The highest BCUT2D eigenvalue weighted by atomic mass is 16.5. The molecule has 3 rings (SSSR count). The largest absolute Gasteiger partial charge is 0.461 e. The van der Waals surface area contributed by atoms with Crippen LogP contribution in [0.4, 0.5) is 0 Å². The van der Waals surface area contributed by atoms with Crippen molar-refractivity contribution >= 4 is 5.97 Å². The highest BCUT2D eigenvalue weighted by Crippen LogP contribution is 2.51. The van der Waals surface area contributed by atoms with Crippen molar-refractivity contribution in [3.8, 4) is 0 Å². The van der Waals surface area contributed by atoms with E-state index in [-0.39, 0.29) is 11.4 Å². The van der Waals surface area contributed by atoms with Crippen molar-refractivity contribution in [3.05, 3.63) is 48.0 Å². The summed E-state index contributed by atoms with van der Waals surface area (Å²) in [6.45, 7) is 2.77. The van der Waals surface area contributed by atoms with E-state index in [1.807, 2.05) is 18.2 Å². The first-order chi connectivity index (χ1) is 8.67. The molecule has 2 bridgehead atoms. The minimum Gasteiger partial charge on any atom is -0.461 e. The lowest BCUT2D eigenvalue weighted by atomic mass is 9.78. The highest BCUT2D eigenvalue weighted by Gasteiger charge is 2.45. The molecule has 2 aliphatic rings. The van der Waals surface area contributed by atoms with Crippen molar-refractivity contribution in [3.63, 3.8) is 0 Å². The molecule has 94 valence electrons. The Labute approximate surface area is 108 Å². The molecular weight excluding hydrogens is 224 g/mol. The van der Waals surface area contributed by atoms with E-state index < -0.39 is 0 Å². The minimum absolute atomic E-state index is 0.143. The van der Waals surface area contributed by atoms with Crippen molar-refractivity contribution in [2.75, 3.05) is 6.61 Å². The van der Waals surface area contributed by atoms with Crippen molar-refractivity contribution in [1.82, 2.24) is 0 Å². The molecule has 1 fully saturated rings. The molecule has 18 heavy (non-hydrogen) atoms. The van der Waals surface area contributed by atoms with Crippen LogP contribution in [0.2, 0.25) is 0 Å². The van der Waals surface area contributed by atoms with Crippen LogP contribution in [-0.4, -0.2) is 12.6 Å². The predicted molar refractivity (Wildman–Crippen MR) is 70.2 cm³/mol. The number of rotatable bonds is 3. The van der Waals surface area contributed by atoms with E-state index in [2.05, 4.69) is 19.1 Å². The second-order valence-corrected chi connectivity index (χ2v) is 5.79. The molecule has 0 spiro atoms. The van der Waals surface area contributed by atoms with Gasteiger partial charge in [-0.15, -0.1) is 0 Å². The van der Waals surface area contributed by atoms with Crippen LogP contribution in [0.1, 0.15) is 30.1 Å². The van der Waals surface area contributed by atoms with Gasteiger partial charge in [0.05, 0.1) is 12.2 Å². The first-order valence-corrected chi connectivity index (χ1v) is 6.58. The number of hydrogen-bond donors (Lipinski definition) is 0. The third-order valence-corrected chi connectivity index (χ3v) is 4.34. The first-order valence-electron chi connectivity index (χ1n) is 6.58. The highest BCUT2D eigenvalue weighted by molar-refractivity contribution is 5.89. The summed E-state index contributed by atoms with van der Waals surface area (Å²) < 4.78 is 5.49. The molecule has 0 radical (unpaired) electrons. The normalized spacial score (nSPS) is 32.7. The first kappa shape index (κ1) is 11.5. The maximum Gasteiger partial charge on any atom is 0.338 e. The third kappa shape index (κ3) is 1.96. The summed E-state index contributed by atoms with van der Waals surface area (Å²) in [4.78, 5) is 11.9. The molecule has 3 unspecified atom stereocenters. The van der Waals surface area contributed by atoms with Gasteiger partial charge in [-0.25, -0.2) is 4.79 Å². The fourth-order valence-corrected chi connectivity index (χ4v) is 3.25. The van der Waals surface area contributed by atoms with E-state index >= 15 is 0 Å². The average molecular weight is 242 g/mol. The SMILES string of the molecule is CC1(COC(=O)c2ccccc2)CC2C=CC1C2. The number of allylic oxidation sites excluding steroid dienone is 2. The number of hydrogen-bond acceptors (Lipinski definition) is 2. The number of carbonyl (C=O) groups is 1. The molecule has 2 heteroatoms. The van der Waals surface area contributed by atoms with Crippen LogP contribution >= 0.6 is 0 Å². The maximum atomic E-state index is 11.9. The molecule has 3 atom stereocenters. The summed E-state index contributed by atoms with van der Waals surface area (Å²) in [5.74, 6) is 1.09. The van der Waals surface area contributed by atoms with Crippen LogP contribution in [0.5, 0.6) is 0 Å². The second-order valence-electron chi connectivity index (χ2n) is 5.79. The van der Waals surface area contributed by atoms with E-state index in [0.29, 0.717) is 24.0 Å². The number of esters is 1. The number of ether oxygens (including phenoxy) is 1. The Morgan fingerprint density at radius 3 is 2.72 bits per heavy atom. The number of carbonyl (C=O) groups excluding carboxylic acids is 1. The van der Waals surface area contributed by atoms with Gasteiger partial charge in [-0.2, -0.15) is 0 Å². The molecule has 0 amide bonds. The Morgan fingerprint density at radius 1 is 1.33 bits per heavy atom. The van der Waals surface area contributed by atoms with E-state index in [1.165, 1.54) is 6.42 Å². The Morgan fingerprint density at radius 2 is 2.11 bits per heavy atom. The van der Waals surface area contributed by atoms with Crippen LogP contribution in [0.3, 0.4) is 0 Å². The standard InChI is InChI=1S/C16H18O2/c1-16(10-12-7-8-14(16)9-12)11-18-15(17)13-5-3-2-4-6-13/h2-8,12,14H,9-11H2,1H3. The fraction of sp³-hybridized carbons (Fsp3) is 0.438. The van der Waals surface area contributed by atoms with Gasteiger partial charge in [-0.05, 0) is 36.8 Å². The number of benzene rings is 1. The molecule has 2 nitrogen and oxygen atoms in total. The quantitative estimate of drug-likeness (QED) is 0.599. The van der Waals surface area contributed by atoms with Crippen molar-refractivity contribution in [2.24, 2.45) is 17.3 Å². The van der Waals surface area contributed by atoms with Gasteiger partial charge in [0.2, 0.25) is 0 Å². The second kappa shape index (κ2) is 4.27. The van der Waals surface area contributed by atoms with Crippen molar-refractivity contribution in [2.45, 2.75) is 19.8 Å². The molecule has 0 saturated heterocycles. The molecular formula is C16H18O2. The lowest BCUT2D eigenvalue weighted by Gasteiger charge is -2.30. The molecule has 0 aliphatic heterocycles. The van der Waals surface area contributed by atoms with Gasteiger partial charge < -0.3 is 4.74 Å². The molecule has 2 aliphatic carbocycles. The summed E-state index contributed by atoms with van der Waals surface area (Å²) in [7, 11) is 0. The Hall–Kier alpha value is -1.57. The summed E-state index contributed by atoms with van der Waals surface area (Å²) in [6, 6.07) is 9.21. The van der Waals surface area contributed by atoms with Crippen LogP contribution < -0.4 is 0 Å². The molecule has 1 aromatic carbocycles. The zero-order chi connectivity index (χ0) is 12.6. The minimum atomic E-state index is -0.205. The van der Waals surface area contributed by atoms with Crippen molar-refractivity contribution in [1.29, 1.82) is 0 Å². The van der Waals surface area contributed by atoms with Gasteiger partial charge in [0.15, 0.2) is 0 Å². The summed E-state index contributed by atoms with van der Waals surface area (Å²) >= 11 is 0. The Balaban J connectivity index is 1.62. The zero-order valence-electron chi connectivity index (χ0n) is 10.6. The van der Waals surface area contributed by atoms with E-state index in [4.69, 9.17) is 4.74 Å². The average Bonchev–Trinajstić information content (AvgIpc) is 2.97. The van der Waals surface area contributed by atoms with Gasteiger partial charge >= 0.3 is 5.97 Å². The zero-order valence-corrected chi connectivity index (χ0v) is 10.6. The molecule has 0 aromatic heterocycles. The Kier molecular flexibility index (Phi) is 2.73. The lowest BCUT2D eigenvalue weighted by molar-refractivity contribution is 0.0259. The van der Waals surface area contributed by atoms with Crippen LogP contribution in [-0.2, 0) is 4.74 Å². The predicted octanol–water partition coefficient (Wildman–Crippen LogP) is 3.45. The van der Waals surface area contributed by atoms with Gasteiger partial charge in [0.1, 0.15) is 0 Å². The molecule has 1 aromatic rings. The maximum absolute atomic E-state index is 11.9. The van der Waals surface area contributed by atoms with Crippen molar-refractivity contribution < 1.29 is 9.53 Å². The molecule has 0 N–H and O–H groups in total. The summed E-state index contributed by atoms with van der Waals surface area (Å²) in [5.41, 5.74) is 0.781.